The van der Waals surface area contributed by atoms with Crippen LogP contribution in [0.15, 0.2) is 12.1 Å². The number of urea groups is 1. The Kier molecular flexibility index (Phi) is 5.43. The van der Waals surface area contributed by atoms with Gasteiger partial charge in [0.15, 0.2) is 5.82 Å². The first-order chi connectivity index (χ1) is 13.0. The van der Waals surface area contributed by atoms with Gasteiger partial charge in [0, 0.05) is 26.2 Å². The molecule has 3 fully saturated rings. The smallest absolute Gasteiger partial charge is 0.322 e. The van der Waals surface area contributed by atoms with Crippen molar-refractivity contribution in [3.63, 3.8) is 0 Å². The molecule has 2 saturated heterocycles. The zero-order valence-corrected chi connectivity index (χ0v) is 16.2. The maximum atomic E-state index is 14.8. The summed E-state index contributed by atoms with van der Waals surface area (Å²) in [5.74, 6) is 0.0440. The van der Waals surface area contributed by atoms with Crippen molar-refractivity contribution >= 4 is 29.0 Å². The van der Waals surface area contributed by atoms with Crippen LogP contribution in [0.1, 0.15) is 19.8 Å². The molecule has 148 valence electrons. The van der Waals surface area contributed by atoms with Crippen molar-refractivity contribution in [1.82, 2.24) is 4.90 Å². The number of ether oxygens (including phenoxy) is 2. The summed E-state index contributed by atoms with van der Waals surface area (Å²) in [6.07, 6.45) is 2.42. The van der Waals surface area contributed by atoms with E-state index in [-0.39, 0.29) is 23.3 Å². The fraction of sp³-hybridized carbons (Fsp3) is 0.632. The molecule has 4 rings (SSSR count). The number of morpholine rings is 2. The molecule has 27 heavy (non-hydrogen) atoms. The van der Waals surface area contributed by atoms with Crippen molar-refractivity contribution in [2.45, 2.75) is 32.0 Å². The number of nitrogens with one attached hydrogen (secondary N) is 1. The molecule has 2 unspecified atom stereocenters. The predicted molar refractivity (Wildman–Crippen MR) is 102 cm³/mol. The van der Waals surface area contributed by atoms with Crippen LogP contribution in [0.2, 0.25) is 5.02 Å². The fourth-order valence-corrected chi connectivity index (χ4v) is 3.96. The summed E-state index contributed by atoms with van der Waals surface area (Å²) < 4.78 is 26.1. The van der Waals surface area contributed by atoms with Gasteiger partial charge in [-0.1, -0.05) is 11.6 Å². The van der Waals surface area contributed by atoms with E-state index in [1.807, 2.05) is 11.8 Å². The summed E-state index contributed by atoms with van der Waals surface area (Å²) in [7, 11) is 0. The third-order valence-electron chi connectivity index (χ3n) is 5.36. The van der Waals surface area contributed by atoms with E-state index in [2.05, 4.69) is 5.32 Å². The Morgan fingerprint density at radius 1 is 1.26 bits per heavy atom. The van der Waals surface area contributed by atoms with E-state index in [9.17, 15) is 9.18 Å². The third-order valence-corrected chi connectivity index (χ3v) is 5.65. The van der Waals surface area contributed by atoms with Gasteiger partial charge in [-0.15, -0.1) is 0 Å². The third kappa shape index (κ3) is 4.15. The van der Waals surface area contributed by atoms with Crippen LogP contribution in [0.3, 0.4) is 0 Å². The van der Waals surface area contributed by atoms with Crippen LogP contribution in [0.4, 0.5) is 20.6 Å². The number of benzene rings is 1. The van der Waals surface area contributed by atoms with Gasteiger partial charge in [-0.2, -0.15) is 0 Å². The van der Waals surface area contributed by atoms with E-state index in [1.165, 1.54) is 6.07 Å². The maximum Gasteiger partial charge on any atom is 0.322 e. The average molecular weight is 398 g/mol. The van der Waals surface area contributed by atoms with Crippen LogP contribution >= 0.6 is 11.6 Å². The van der Waals surface area contributed by atoms with Crippen LogP contribution in [-0.4, -0.2) is 62.5 Å². The second-order valence-corrected chi connectivity index (χ2v) is 7.92. The molecule has 6 nitrogen and oxygen atoms in total. The zero-order valence-electron chi connectivity index (χ0n) is 15.4. The fourth-order valence-electron chi connectivity index (χ4n) is 3.81. The maximum absolute atomic E-state index is 14.8. The molecule has 0 bridgehead atoms. The van der Waals surface area contributed by atoms with Gasteiger partial charge in [0.2, 0.25) is 0 Å². The Hall–Kier alpha value is -1.57. The summed E-state index contributed by atoms with van der Waals surface area (Å²) in [6, 6.07) is 2.91. The molecular formula is C19H25ClFN3O3. The SMILES string of the molecule is CC1CN(C(=O)Nc2ccc(Cl)c(F)c2N2CCOCC2)CC(C2CC2)O1. The number of halogens is 2. The number of hydrogen-bond acceptors (Lipinski definition) is 4. The van der Waals surface area contributed by atoms with Crippen molar-refractivity contribution in [1.29, 1.82) is 0 Å². The summed E-state index contributed by atoms with van der Waals surface area (Å²) in [4.78, 5) is 16.5. The van der Waals surface area contributed by atoms with E-state index < -0.39 is 5.82 Å². The van der Waals surface area contributed by atoms with Crippen molar-refractivity contribution in [2.24, 2.45) is 5.92 Å². The number of nitrogens with zero attached hydrogens (tertiary/aromatic N) is 2. The zero-order chi connectivity index (χ0) is 19.0. The average Bonchev–Trinajstić information content (AvgIpc) is 3.50. The number of rotatable bonds is 3. The van der Waals surface area contributed by atoms with Crippen LogP contribution in [0, 0.1) is 11.7 Å². The number of amides is 2. The highest BCUT2D eigenvalue weighted by atomic mass is 35.5. The first kappa shape index (κ1) is 18.8. The standard InChI is InChI=1S/C19H25ClFN3O3/c1-12-10-24(11-16(27-12)13-2-3-13)19(25)22-15-5-4-14(20)17(21)18(15)23-6-8-26-9-7-23/h4-5,12-13,16H,2-3,6-11H2,1H3,(H,22,25). The van der Waals surface area contributed by atoms with Crippen LogP contribution in [-0.2, 0) is 9.47 Å². The van der Waals surface area contributed by atoms with E-state index in [0.29, 0.717) is 56.7 Å². The minimum atomic E-state index is -0.512. The number of hydrogen-bond donors (Lipinski definition) is 1. The highest BCUT2D eigenvalue weighted by Crippen LogP contribution is 2.37. The van der Waals surface area contributed by atoms with Gasteiger partial charge in [-0.25, -0.2) is 9.18 Å². The highest BCUT2D eigenvalue weighted by Gasteiger charge is 2.38. The monoisotopic (exact) mass is 397 g/mol. The van der Waals surface area contributed by atoms with E-state index >= 15 is 0 Å². The Bertz CT molecular complexity index is 710. The molecule has 1 aromatic carbocycles. The van der Waals surface area contributed by atoms with Gasteiger partial charge in [0.25, 0.3) is 0 Å². The predicted octanol–water partition coefficient (Wildman–Crippen LogP) is 3.35. The molecule has 1 aliphatic carbocycles. The number of carbonyl (C=O) groups is 1. The molecule has 8 heteroatoms. The van der Waals surface area contributed by atoms with Crippen molar-refractivity contribution in [2.75, 3.05) is 49.6 Å². The van der Waals surface area contributed by atoms with Gasteiger partial charge in [0.05, 0.1) is 41.8 Å². The Balaban J connectivity index is 1.52. The summed E-state index contributed by atoms with van der Waals surface area (Å²) in [5, 5.41) is 2.94. The minimum absolute atomic E-state index is 0.00392. The number of carbonyl (C=O) groups excluding carboxylic acids is 1. The molecule has 3 aliphatic rings. The molecule has 0 spiro atoms. The topological polar surface area (TPSA) is 54.0 Å². The molecule has 0 radical (unpaired) electrons. The summed E-state index contributed by atoms with van der Waals surface area (Å²) >= 11 is 6.00. The second-order valence-electron chi connectivity index (χ2n) is 7.51. The quantitative estimate of drug-likeness (QED) is 0.849. The Morgan fingerprint density at radius 3 is 2.70 bits per heavy atom. The Labute approximate surface area is 163 Å². The van der Waals surface area contributed by atoms with Crippen molar-refractivity contribution < 1.29 is 18.7 Å². The molecule has 2 amide bonds. The van der Waals surface area contributed by atoms with Gasteiger partial charge < -0.3 is 24.6 Å². The lowest BCUT2D eigenvalue weighted by molar-refractivity contribution is -0.0717. The van der Waals surface area contributed by atoms with Gasteiger partial charge in [0.1, 0.15) is 0 Å². The first-order valence-electron chi connectivity index (χ1n) is 9.55. The molecule has 2 heterocycles. The lowest BCUT2D eigenvalue weighted by Crippen LogP contribution is -2.51. The minimum Gasteiger partial charge on any atom is -0.378 e. The normalized spacial score (nSPS) is 26.2. The summed E-state index contributed by atoms with van der Waals surface area (Å²) in [5.41, 5.74) is 0.769. The van der Waals surface area contributed by atoms with Crippen LogP contribution < -0.4 is 10.2 Å². The van der Waals surface area contributed by atoms with Crippen molar-refractivity contribution in [3.05, 3.63) is 23.0 Å². The van der Waals surface area contributed by atoms with E-state index in [1.54, 1.807) is 11.0 Å². The second kappa shape index (κ2) is 7.81. The highest BCUT2D eigenvalue weighted by molar-refractivity contribution is 6.31. The molecule has 2 aliphatic heterocycles. The molecule has 2 atom stereocenters. The van der Waals surface area contributed by atoms with E-state index in [0.717, 1.165) is 12.8 Å². The van der Waals surface area contributed by atoms with E-state index in [4.69, 9.17) is 21.1 Å². The lowest BCUT2D eigenvalue weighted by atomic mass is 10.1. The van der Waals surface area contributed by atoms with Gasteiger partial charge in [-0.3, -0.25) is 0 Å². The van der Waals surface area contributed by atoms with Crippen LogP contribution in [0.5, 0.6) is 0 Å². The lowest BCUT2D eigenvalue weighted by Gasteiger charge is -2.37. The van der Waals surface area contributed by atoms with Crippen molar-refractivity contribution in [3.8, 4) is 0 Å². The largest absolute Gasteiger partial charge is 0.378 e. The molecule has 0 aromatic heterocycles. The van der Waals surface area contributed by atoms with Gasteiger partial charge >= 0.3 is 6.03 Å². The molecule has 1 aromatic rings. The molecule has 1 N–H and O–H groups in total. The summed E-state index contributed by atoms with van der Waals surface area (Å²) in [6.45, 7) is 5.22. The molecule has 1 saturated carbocycles. The molecular weight excluding hydrogens is 373 g/mol. The van der Waals surface area contributed by atoms with Crippen LogP contribution in [0.25, 0.3) is 0 Å². The van der Waals surface area contributed by atoms with Gasteiger partial charge in [-0.05, 0) is 37.8 Å². The first-order valence-corrected chi connectivity index (χ1v) is 9.93. The Morgan fingerprint density at radius 2 is 2.00 bits per heavy atom. The number of anilines is 2.